The van der Waals surface area contributed by atoms with Crippen molar-refractivity contribution in [1.29, 1.82) is 0 Å². The number of allylic oxidation sites excluding steroid dienone is 1. The van der Waals surface area contributed by atoms with Gasteiger partial charge in [-0.2, -0.15) is 0 Å². The highest BCUT2D eigenvalue weighted by atomic mass is 35.5. The number of ether oxygens (including phenoxy) is 2. The minimum Gasteiger partial charge on any atom is -0.489 e. The molecule has 0 saturated carbocycles. The van der Waals surface area contributed by atoms with Crippen LogP contribution in [0.4, 0.5) is 4.79 Å². The number of carbonyl (C=O) groups is 2. The number of esters is 1. The molecule has 0 radical (unpaired) electrons. The molecule has 0 saturated heterocycles. The van der Waals surface area contributed by atoms with Crippen LogP contribution in [0.5, 0.6) is 5.75 Å². The van der Waals surface area contributed by atoms with Gasteiger partial charge in [0.05, 0.1) is 18.2 Å². The number of halogens is 2. The zero-order valence-corrected chi connectivity index (χ0v) is 19.0. The lowest BCUT2D eigenvalue weighted by molar-refractivity contribution is -0.140. The molecule has 3 rings (SSSR count). The highest BCUT2D eigenvalue weighted by Gasteiger charge is 2.32. The molecular weight excluding hydrogens is 439 g/mol. The molecule has 31 heavy (non-hydrogen) atoms. The van der Waals surface area contributed by atoms with E-state index in [1.54, 1.807) is 49.4 Å². The van der Waals surface area contributed by atoms with Gasteiger partial charge in [-0.3, -0.25) is 0 Å². The summed E-state index contributed by atoms with van der Waals surface area (Å²) in [4.78, 5) is 24.7. The van der Waals surface area contributed by atoms with Gasteiger partial charge in [0, 0.05) is 21.3 Å². The summed E-state index contributed by atoms with van der Waals surface area (Å²) in [5.41, 5.74) is 2.27. The van der Waals surface area contributed by atoms with Crippen LogP contribution < -0.4 is 15.4 Å². The molecule has 2 amide bonds. The summed E-state index contributed by atoms with van der Waals surface area (Å²) in [5.74, 6) is 0.347. The predicted octanol–water partition coefficient (Wildman–Crippen LogP) is 5.40. The van der Waals surface area contributed by atoms with E-state index in [4.69, 9.17) is 32.7 Å². The topological polar surface area (TPSA) is 76.7 Å². The summed E-state index contributed by atoms with van der Waals surface area (Å²) in [5, 5.41) is 6.49. The number of amides is 2. The van der Waals surface area contributed by atoms with E-state index in [1.165, 1.54) is 0 Å². The van der Waals surface area contributed by atoms with E-state index in [1.807, 2.05) is 13.8 Å². The van der Waals surface area contributed by atoms with Gasteiger partial charge in [-0.05, 0) is 42.7 Å². The van der Waals surface area contributed by atoms with Crippen molar-refractivity contribution < 1.29 is 19.1 Å². The van der Waals surface area contributed by atoms with Crippen LogP contribution in [0, 0.1) is 5.92 Å². The maximum absolute atomic E-state index is 12.7. The van der Waals surface area contributed by atoms with Gasteiger partial charge in [0.15, 0.2) is 0 Å². The molecule has 2 N–H and O–H groups in total. The van der Waals surface area contributed by atoms with Crippen molar-refractivity contribution >= 4 is 35.2 Å². The first kappa shape index (κ1) is 23.0. The van der Waals surface area contributed by atoms with Crippen LogP contribution in [0.2, 0.25) is 10.0 Å². The summed E-state index contributed by atoms with van der Waals surface area (Å²) in [6.45, 7) is 6.12. The molecule has 2 aromatic rings. The Balaban J connectivity index is 1.77. The van der Waals surface area contributed by atoms with Crippen LogP contribution in [0.1, 0.15) is 37.9 Å². The third kappa shape index (κ3) is 5.71. The average Bonchev–Trinajstić information content (AvgIpc) is 2.71. The van der Waals surface area contributed by atoms with E-state index < -0.39 is 12.0 Å². The van der Waals surface area contributed by atoms with Crippen molar-refractivity contribution in [3.8, 4) is 5.75 Å². The molecule has 0 fully saturated rings. The fourth-order valence-electron chi connectivity index (χ4n) is 3.12. The Morgan fingerprint density at radius 2 is 1.74 bits per heavy atom. The Morgan fingerprint density at radius 3 is 2.35 bits per heavy atom. The number of carbonyl (C=O) groups excluding carboxylic acids is 2. The van der Waals surface area contributed by atoms with E-state index in [9.17, 15) is 9.59 Å². The Kier molecular flexibility index (Phi) is 7.46. The van der Waals surface area contributed by atoms with Crippen LogP contribution in [0.25, 0.3) is 0 Å². The number of hydrogen-bond donors (Lipinski definition) is 2. The number of urea groups is 1. The van der Waals surface area contributed by atoms with Gasteiger partial charge in [-0.1, -0.05) is 55.2 Å². The lowest BCUT2D eigenvalue weighted by atomic mass is 9.95. The fraction of sp³-hybridized carbons (Fsp3) is 0.304. The molecule has 1 aliphatic heterocycles. The first-order valence-electron chi connectivity index (χ1n) is 9.87. The molecule has 6 nitrogen and oxygen atoms in total. The predicted molar refractivity (Wildman–Crippen MR) is 120 cm³/mol. The van der Waals surface area contributed by atoms with Gasteiger partial charge in [0.1, 0.15) is 12.4 Å². The average molecular weight is 463 g/mol. The van der Waals surface area contributed by atoms with Crippen LogP contribution in [0.15, 0.2) is 53.7 Å². The van der Waals surface area contributed by atoms with Crippen molar-refractivity contribution in [2.24, 2.45) is 5.92 Å². The van der Waals surface area contributed by atoms with Crippen LogP contribution >= 0.6 is 23.2 Å². The summed E-state index contributed by atoms with van der Waals surface area (Å²) in [7, 11) is 0. The van der Waals surface area contributed by atoms with Gasteiger partial charge in [-0.15, -0.1) is 0 Å². The van der Waals surface area contributed by atoms with E-state index in [2.05, 4.69) is 10.6 Å². The van der Waals surface area contributed by atoms with E-state index >= 15 is 0 Å². The summed E-state index contributed by atoms with van der Waals surface area (Å²) < 4.78 is 11.2. The van der Waals surface area contributed by atoms with Crippen LogP contribution in [-0.4, -0.2) is 18.6 Å². The van der Waals surface area contributed by atoms with E-state index in [0.29, 0.717) is 39.2 Å². The first-order valence-corrected chi connectivity index (χ1v) is 10.6. The molecule has 1 unspecified atom stereocenters. The largest absolute Gasteiger partial charge is 0.489 e. The van der Waals surface area contributed by atoms with Crippen molar-refractivity contribution in [2.45, 2.75) is 33.4 Å². The van der Waals surface area contributed by atoms with Crippen molar-refractivity contribution in [2.75, 3.05) is 6.61 Å². The molecule has 0 bridgehead atoms. The number of rotatable bonds is 7. The second kappa shape index (κ2) is 10.1. The molecular formula is C23H24Cl2N2O4. The number of hydrogen-bond acceptors (Lipinski definition) is 4. The summed E-state index contributed by atoms with van der Waals surface area (Å²) in [6.07, 6.45) is 0. The lowest BCUT2D eigenvalue weighted by Crippen LogP contribution is -2.45. The standard InChI is InChI=1S/C23H24Cl2N2O4/c1-13(2)11-31-22(28)20-14(3)26-23(29)27-21(20)15-7-9-16(10-8-15)30-12-17-18(24)5-4-6-19(17)25/h4-10,13,21H,11-12H2,1-3H3,(H2,26,27,29). The first-order chi connectivity index (χ1) is 14.8. The number of benzene rings is 2. The smallest absolute Gasteiger partial charge is 0.338 e. The highest BCUT2D eigenvalue weighted by Crippen LogP contribution is 2.30. The maximum atomic E-state index is 12.7. The quantitative estimate of drug-likeness (QED) is 0.540. The van der Waals surface area contributed by atoms with Gasteiger partial charge >= 0.3 is 12.0 Å². The second-order valence-corrected chi connectivity index (χ2v) is 8.43. The maximum Gasteiger partial charge on any atom is 0.338 e. The lowest BCUT2D eigenvalue weighted by Gasteiger charge is -2.28. The monoisotopic (exact) mass is 462 g/mol. The number of nitrogens with one attached hydrogen (secondary N) is 2. The molecule has 2 aromatic carbocycles. The van der Waals surface area contributed by atoms with Crippen LogP contribution in [-0.2, 0) is 16.1 Å². The molecule has 8 heteroatoms. The SMILES string of the molecule is CC1=C(C(=O)OCC(C)C)C(c2ccc(OCc3c(Cl)cccc3Cl)cc2)NC(=O)N1. The molecule has 0 aromatic heterocycles. The van der Waals surface area contributed by atoms with E-state index in [0.717, 1.165) is 5.56 Å². The summed E-state index contributed by atoms with van der Waals surface area (Å²) in [6, 6.07) is 11.4. The van der Waals surface area contributed by atoms with Crippen molar-refractivity contribution in [3.63, 3.8) is 0 Å². The highest BCUT2D eigenvalue weighted by molar-refractivity contribution is 6.35. The Morgan fingerprint density at radius 1 is 1.10 bits per heavy atom. The zero-order chi connectivity index (χ0) is 22.5. The second-order valence-electron chi connectivity index (χ2n) is 7.62. The fourth-order valence-corrected chi connectivity index (χ4v) is 3.62. The molecule has 0 aliphatic carbocycles. The van der Waals surface area contributed by atoms with Crippen molar-refractivity contribution in [1.82, 2.24) is 10.6 Å². The molecule has 1 aliphatic rings. The molecule has 0 spiro atoms. The van der Waals surface area contributed by atoms with Crippen LogP contribution in [0.3, 0.4) is 0 Å². The van der Waals surface area contributed by atoms with Gasteiger partial charge in [-0.25, -0.2) is 9.59 Å². The van der Waals surface area contributed by atoms with Gasteiger partial charge in [0.25, 0.3) is 0 Å². The van der Waals surface area contributed by atoms with Gasteiger partial charge in [0.2, 0.25) is 0 Å². The zero-order valence-electron chi connectivity index (χ0n) is 17.5. The normalized spacial score (nSPS) is 16.1. The Labute approximate surface area is 191 Å². The minimum atomic E-state index is -0.625. The Bertz CT molecular complexity index is 983. The van der Waals surface area contributed by atoms with Crippen molar-refractivity contribution in [3.05, 3.63) is 74.9 Å². The van der Waals surface area contributed by atoms with Gasteiger partial charge < -0.3 is 20.1 Å². The summed E-state index contributed by atoms with van der Waals surface area (Å²) >= 11 is 12.4. The Hall–Kier alpha value is -2.70. The third-order valence-corrected chi connectivity index (χ3v) is 5.40. The molecule has 1 heterocycles. The molecule has 1 atom stereocenters. The molecule has 164 valence electrons. The third-order valence-electron chi connectivity index (χ3n) is 4.70. The van der Waals surface area contributed by atoms with E-state index in [-0.39, 0.29) is 18.6 Å². The minimum absolute atomic E-state index is 0.206.